The van der Waals surface area contributed by atoms with Gasteiger partial charge in [0.2, 0.25) is 10.0 Å². The molecule has 1 aromatic carbocycles. The number of nitrogens with zero attached hydrogens (tertiary/aromatic N) is 1. The first kappa shape index (κ1) is 15.4. The van der Waals surface area contributed by atoms with Crippen molar-refractivity contribution in [1.82, 2.24) is 4.31 Å². The molecule has 1 fully saturated rings. The van der Waals surface area contributed by atoms with Crippen LogP contribution in [0.25, 0.3) is 0 Å². The fraction of sp³-hybridized carbons (Fsp3) is 0.500. The number of halogens is 2. The van der Waals surface area contributed by atoms with Crippen molar-refractivity contribution in [2.45, 2.75) is 30.3 Å². The molecule has 1 aromatic rings. The van der Waals surface area contributed by atoms with Crippen LogP contribution in [0.2, 0.25) is 0 Å². The third-order valence-corrected chi connectivity index (χ3v) is 6.68. The van der Waals surface area contributed by atoms with Gasteiger partial charge in [-0.1, -0.05) is 15.9 Å². The van der Waals surface area contributed by atoms with Gasteiger partial charge in [-0.15, -0.1) is 0 Å². The number of benzene rings is 1. The van der Waals surface area contributed by atoms with Crippen molar-refractivity contribution < 1.29 is 13.5 Å². The average molecular weight is 413 g/mol. The van der Waals surface area contributed by atoms with Crippen LogP contribution >= 0.6 is 31.9 Å². The molecule has 0 aromatic heterocycles. The second-order valence-electron chi connectivity index (χ2n) is 4.98. The summed E-state index contributed by atoms with van der Waals surface area (Å²) in [7, 11) is -3.51. The van der Waals surface area contributed by atoms with E-state index in [1.54, 1.807) is 25.1 Å². The Morgan fingerprint density at radius 2 is 1.84 bits per heavy atom. The van der Waals surface area contributed by atoms with Crippen molar-refractivity contribution in [1.29, 1.82) is 0 Å². The van der Waals surface area contributed by atoms with Crippen LogP contribution in [0.3, 0.4) is 0 Å². The Balaban J connectivity index is 2.28. The van der Waals surface area contributed by atoms with Gasteiger partial charge in [-0.3, -0.25) is 0 Å². The van der Waals surface area contributed by atoms with E-state index in [-0.39, 0.29) is 4.90 Å². The van der Waals surface area contributed by atoms with Crippen LogP contribution in [0.5, 0.6) is 0 Å². The molecule has 0 amide bonds. The summed E-state index contributed by atoms with van der Waals surface area (Å²) < 4.78 is 27.8. The van der Waals surface area contributed by atoms with E-state index in [0.29, 0.717) is 30.4 Å². The quantitative estimate of drug-likeness (QED) is 0.812. The van der Waals surface area contributed by atoms with Gasteiger partial charge >= 0.3 is 0 Å². The van der Waals surface area contributed by atoms with Crippen molar-refractivity contribution in [3.8, 4) is 0 Å². The molecule has 1 heterocycles. The molecule has 0 spiro atoms. The molecule has 0 radical (unpaired) electrons. The summed E-state index contributed by atoms with van der Waals surface area (Å²) in [5, 5.41) is 9.88. The molecule has 1 aliphatic rings. The number of aliphatic hydroxyl groups is 1. The Labute approximate surface area is 130 Å². The topological polar surface area (TPSA) is 57.6 Å². The summed E-state index contributed by atoms with van der Waals surface area (Å²) >= 11 is 6.59. The van der Waals surface area contributed by atoms with Crippen LogP contribution in [-0.4, -0.2) is 36.5 Å². The second kappa shape index (κ2) is 5.44. The molecular weight excluding hydrogens is 398 g/mol. The summed E-state index contributed by atoms with van der Waals surface area (Å²) in [5.41, 5.74) is -0.761. The van der Waals surface area contributed by atoms with E-state index in [0.717, 1.165) is 4.47 Å². The summed E-state index contributed by atoms with van der Waals surface area (Å²) in [4.78, 5) is 0.261. The number of hydrogen-bond donors (Lipinski definition) is 1. The van der Waals surface area contributed by atoms with Crippen LogP contribution < -0.4 is 0 Å². The molecule has 0 unspecified atom stereocenters. The standard InChI is InChI=1S/C12H15Br2NO3S/c1-12(16)4-6-15(7-5-12)19(17,18)11-3-2-9(13)8-10(11)14/h2-3,8,16H,4-7H2,1H3. The van der Waals surface area contributed by atoms with E-state index in [4.69, 9.17) is 0 Å². The maximum Gasteiger partial charge on any atom is 0.244 e. The lowest BCUT2D eigenvalue weighted by atomic mass is 9.95. The maximum absolute atomic E-state index is 12.5. The summed E-state index contributed by atoms with van der Waals surface area (Å²) in [5.74, 6) is 0. The highest BCUT2D eigenvalue weighted by Crippen LogP contribution is 2.31. The van der Waals surface area contributed by atoms with Crippen LogP contribution in [0.4, 0.5) is 0 Å². The molecule has 1 saturated heterocycles. The van der Waals surface area contributed by atoms with Gasteiger partial charge in [0.1, 0.15) is 0 Å². The summed E-state index contributed by atoms with van der Waals surface area (Å²) in [6.45, 7) is 2.43. The van der Waals surface area contributed by atoms with Gasteiger partial charge in [0.15, 0.2) is 0 Å². The van der Waals surface area contributed by atoms with Crippen molar-refractivity contribution in [2.75, 3.05) is 13.1 Å². The summed E-state index contributed by atoms with van der Waals surface area (Å²) in [6, 6.07) is 5.00. The minimum Gasteiger partial charge on any atom is -0.390 e. The monoisotopic (exact) mass is 411 g/mol. The molecule has 0 bridgehead atoms. The van der Waals surface area contributed by atoms with Gasteiger partial charge in [0, 0.05) is 22.0 Å². The Morgan fingerprint density at radius 3 is 2.37 bits per heavy atom. The Morgan fingerprint density at radius 1 is 1.26 bits per heavy atom. The lowest BCUT2D eigenvalue weighted by Crippen LogP contribution is -2.45. The highest BCUT2D eigenvalue weighted by molar-refractivity contribution is 9.11. The molecule has 19 heavy (non-hydrogen) atoms. The van der Waals surface area contributed by atoms with Gasteiger partial charge in [-0.05, 0) is 53.9 Å². The van der Waals surface area contributed by atoms with Crippen molar-refractivity contribution in [2.24, 2.45) is 0 Å². The molecule has 1 N–H and O–H groups in total. The molecule has 1 aliphatic heterocycles. The first-order valence-electron chi connectivity index (χ1n) is 5.90. The molecule has 7 heteroatoms. The van der Waals surface area contributed by atoms with Crippen molar-refractivity contribution >= 4 is 41.9 Å². The molecule has 0 atom stereocenters. The lowest BCUT2D eigenvalue weighted by Gasteiger charge is -2.35. The largest absolute Gasteiger partial charge is 0.390 e. The number of piperidine rings is 1. The molecule has 106 valence electrons. The first-order chi connectivity index (χ1) is 8.72. The van der Waals surface area contributed by atoms with Crippen LogP contribution in [0, 0.1) is 0 Å². The van der Waals surface area contributed by atoms with Gasteiger partial charge < -0.3 is 5.11 Å². The number of rotatable bonds is 2. The molecule has 0 saturated carbocycles. The zero-order chi connectivity index (χ0) is 14.3. The van der Waals surface area contributed by atoms with Crippen molar-refractivity contribution in [3.05, 3.63) is 27.1 Å². The predicted octanol–water partition coefficient (Wildman–Crippen LogP) is 2.75. The van der Waals surface area contributed by atoms with Gasteiger partial charge in [-0.25, -0.2) is 8.42 Å². The highest BCUT2D eigenvalue weighted by atomic mass is 79.9. The van der Waals surface area contributed by atoms with E-state index in [1.807, 2.05) is 0 Å². The number of hydrogen-bond acceptors (Lipinski definition) is 3. The minimum absolute atomic E-state index is 0.261. The van der Waals surface area contributed by atoms with Crippen LogP contribution in [0.1, 0.15) is 19.8 Å². The van der Waals surface area contributed by atoms with Crippen LogP contribution in [0.15, 0.2) is 32.0 Å². The van der Waals surface area contributed by atoms with E-state index >= 15 is 0 Å². The van der Waals surface area contributed by atoms with E-state index in [2.05, 4.69) is 31.9 Å². The predicted molar refractivity (Wildman–Crippen MR) is 80.5 cm³/mol. The van der Waals surface area contributed by atoms with E-state index in [9.17, 15) is 13.5 Å². The number of sulfonamides is 1. The molecule has 2 rings (SSSR count). The molecule has 0 aliphatic carbocycles. The molecule has 4 nitrogen and oxygen atoms in total. The smallest absolute Gasteiger partial charge is 0.244 e. The van der Waals surface area contributed by atoms with Crippen molar-refractivity contribution in [3.63, 3.8) is 0 Å². The zero-order valence-corrected chi connectivity index (χ0v) is 14.4. The summed E-state index contributed by atoms with van der Waals surface area (Å²) in [6.07, 6.45) is 0.917. The van der Waals surface area contributed by atoms with E-state index in [1.165, 1.54) is 4.31 Å². The zero-order valence-electron chi connectivity index (χ0n) is 10.4. The van der Waals surface area contributed by atoms with Gasteiger partial charge in [0.25, 0.3) is 0 Å². The molecular formula is C12H15Br2NO3S. The van der Waals surface area contributed by atoms with Gasteiger partial charge in [-0.2, -0.15) is 4.31 Å². The normalized spacial score (nSPS) is 20.4. The fourth-order valence-corrected chi connectivity index (χ4v) is 5.18. The lowest BCUT2D eigenvalue weighted by molar-refractivity contribution is 0.0126. The second-order valence-corrected chi connectivity index (χ2v) is 8.65. The van der Waals surface area contributed by atoms with Gasteiger partial charge in [0.05, 0.1) is 10.5 Å². The maximum atomic E-state index is 12.5. The Bertz CT molecular complexity index is 577. The average Bonchev–Trinajstić information content (AvgIpc) is 2.27. The highest BCUT2D eigenvalue weighted by Gasteiger charge is 2.34. The van der Waals surface area contributed by atoms with Crippen LogP contribution in [-0.2, 0) is 10.0 Å². The Kier molecular flexibility index (Phi) is 4.42. The minimum atomic E-state index is -3.51. The third-order valence-electron chi connectivity index (χ3n) is 3.31. The Hall–Kier alpha value is 0.0500. The fourth-order valence-electron chi connectivity index (χ4n) is 2.03. The third kappa shape index (κ3) is 3.39. The van der Waals surface area contributed by atoms with E-state index < -0.39 is 15.6 Å². The SMILES string of the molecule is CC1(O)CCN(S(=O)(=O)c2ccc(Br)cc2Br)CC1. The first-order valence-corrected chi connectivity index (χ1v) is 8.93.